The monoisotopic (exact) mass is 400 g/mol. The Hall–Kier alpha value is -1.84. The van der Waals surface area contributed by atoms with Gasteiger partial charge in [-0.05, 0) is 100 Å². The summed E-state index contributed by atoms with van der Waals surface area (Å²) in [6, 6.07) is 4.46. The Morgan fingerprint density at radius 2 is 1.31 bits per heavy atom. The minimum Gasteiger partial charge on any atom is -0.481 e. The maximum absolute atomic E-state index is 11.3. The lowest BCUT2D eigenvalue weighted by Gasteiger charge is -2.15. The first-order chi connectivity index (χ1) is 13.8. The molecule has 160 valence electrons. The highest BCUT2D eigenvalue weighted by Gasteiger charge is 2.49. The van der Waals surface area contributed by atoms with Crippen molar-refractivity contribution < 1.29 is 19.8 Å². The van der Waals surface area contributed by atoms with Crippen LogP contribution in [0.4, 0.5) is 0 Å². The molecule has 29 heavy (non-hydrogen) atoms. The molecule has 1 aromatic rings. The van der Waals surface area contributed by atoms with E-state index in [1.165, 1.54) is 22.3 Å². The van der Waals surface area contributed by atoms with Crippen LogP contribution in [0.1, 0.15) is 92.9 Å². The van der Waals surface area contributed by atoms with Crippen LogP contribution in [0, 0.1) is 24.7 Å². The van der Waals surface area contributed by atoms with Gasteiger partial charge < -0.3 is 10.2 Å². The molecule has 1 aromatic carbocycles. The summed E-state index contributed by atoms with van der Waals surface area (Å²) >= 11 is 0. The van der Waals surface area contributed by atoms with Crippen molar-refractivity contribution in [3.8, 4) is 0 Å². The average molecular weight is 401 g/mol. The average Bonchev–Trinajstić information content (AvgIpc) is 3.58. The predicted octanol–water partition coefficient (Wildman–Crippen LogP) is 5.85. The molecule has 2 aliphatic rings. The second-order valence-corrected chi connectivity index (χ2v) is 9.58. The summed E-state index contributed by atoms with van der Waals surface area (Å²) in [4.78, 5) is 22.6. The van der Waals surface area contributed by atoms with E-state index in [1.54, 1.807) is 0 Å². The standard InChI is InChI=1S/C25H36O4/c1-18-10-11-20(8-5-7-13-25(16-17-25)23(28)29)19(2)21(18)9-4-3-6-12-24(14-15-24)22(26)27/h10-11H,3-9,12-17H2,1-2H3,(H,26,27)(H,28,29). The molecule has 0 aliphatic heterocycles. The fourth-order valence-corrected chi connectivity index (χ4v) is 4.76. The quantitative estimate of drug-likeness (QED) is 0.407. The summed E-state index contributed by atoms with van der Waals surface area (Å²) in [6.07, 6.45) is 12.4. The number of benzene rings is 1. The van der Waals surface area contributed by atoms with E-state index in [-0.39, 0.29) is 5.41 Å². The molecule has 0 saturated heterocycles. The summed E-state index contributed by atoms with van der Waals surface area (Å²) < 4.78 is 0. The highest BCUT2D eigenvalue weighted by molar-refractivity contribution is 5.78. The third-order valence-corrected chi connectivity index (χ3v) is 7.49. The number of aryl methyl sites for hydroxylation is 2. The Kier molecular flexibility index (Phi) is 6.70. The van der Waals surface area contributed by atoms with Gasteiger partial charge in [0.05, 0.1) is 10.8 Å². The van der Waals surface area contributed by atoms with Gasteiger partial charge in [0, 0.05) is 0 Å². The molecular formula is C25H36O4. The van der Waals surface area contributed by atoms with Gasteiger partial charge in [0.2, 0.25) is 0 Å². The third kappa shape index (κ3) is 5.21. The van der Waals surface area contributed by atoms with Gasteiger partial charge in [0.1, 0.15) is 0 Å². The topological polar surface area (TPSA) is 74.6 Å². The van der Waals surface area contributed by atoms with Crippen molar-refractivity contribution in [1.29, 1.82) is 0 Å². The summed E-state index contributed by atoms with van der Waals surface area (Å²) in [7, 11) is 0. The van der Waals surface area contributed by atoms with Gasteiger partial charge >= 0.3 is 11.9 Å². The SMILES string of the molecule is Cc1ccc(CCCCC2(C(=O)O)CC2)c(C)c1CCCCCC1(C(=O)O)CC1. The zero-order valence-corrected chi connectivity index (χ0v) is 18.1. The number of carboxylic acid groups (broad SMARTS) is 2. The number of carboxylic acids is 2. The predicted molar refractivity (Wildman–Crippen MR) is 114 cm³/mol. The van der Waals surface area contributed by atoms with Crippen molar-refractivity contribution in [2.24, 2.45) is 10.8 Å². The fourth-order valence-electron chi connectivity index (χ4n) is 4.76. The number of carbonyl (C=O) groups is 2. The van der Waals surface area contributed by atoms with Crippen molar-refractivity contribution in [2.45, 2.75) is 97.3 Å². The zero-order chi connectivity index (χ0) is 21.1. The molecule has 2 saturated carbocycles. The van der Waals surface area contributed by atoms with E-state index in [0.717, 1.165) is 83.5 Å². The van der Waals surface area contributed by atoms with Gasteiger partial charge in [-0.1, -0.05) is 31.4 Å². The molecule has 3 rings (SSSR count). The molecule has 2 fully saturated rings. The summed E-state index contributed by atoms with van der Waals surface area (Å²) in [6.45, 7) is 4.40. The molecule has 0 heterocycles. The van der Waals surface area contributed by atoms with Crippen molar-refractivity contribution in [3.05, 3.63) is 34.4 Å². The van der Waals surface area contributed by atoms with Gasteiger partial charge in [0.25, 0.3) is 0 Å². The van der Waals surface area contributed by atoms with Gasteiger partial charge in [0.15, 0.2) is 0 Å². The number of hydrogen-bond acceptors (Lipinski definition) is 2. The van der Waals surface area contributed by atoms with Crippen molar-refractivity contribution >= 4 is 11.9 Å². The van der Waals surface area contributed by atoms with Crippen molar-refractivity contribution in [3.63, 3.8) is 0 Å². The Bertz CT molecular complexity index is 756. The molecule has 0 unspecified atom stereocenters. The van der Waals surface area contributed by atoms with E-state index in [1.807, 2.05) is 0 Å². The molecule has 0 atom stereocenters. The molecule has 0 aromatic heterocycles. The van der Waals surface area contributed by atoms with Gasteiger partial charge in [-0.3, -0.25) is 9.59 Å². The first-order valence-electron chi connectivity index (χ1n) is 11.3. The summed E-state index contributed by atoms with van der Waals surface area (Å²) in [5, 5.41) is 18.6. The van der Waals surface area contributed by atoms with Gasteiger partial charge in [-0.25, -0.2) is 0 Å². The van der Waals surface area contributed by atoms with Crippen LogP contribution in [0.15, 0.2) is 12.1 Å². The van der Waals surface area contributed by atoms with Crippen LogP contribution in [0.3, 0.4) is 0 Å². The van der Waals surface area contributed by atoms with Crippen LogP contribution < -0.4 is 0 Å². The summed E-state index contributed by atoms with van der Waals surface area (Å²) in [5.74, 6) is -1.21. The highest BCUT2D eigenvalue weighted by atomic mass is 16.4. The Morgan fingerprint density at radius 1 is 0.793 bits per heavy atom. The van der Waals surface area contributed by atoms with E-state index in [2.05, 4.69) is 26.0 Å². The fraction of sp³-hybridized carbons (Fsp3) is 0.680. The maximum atomic E-state index is 11.3. The lowest BCUT2D eigenvalue weighted by Crippen LogP contribution is -2.14. The van der Waals surface area contributed by atoms with Gasteiger partial charge in [-0.15, -0.1) is 0 Å². The second kappa shape index (κ2) is 8.89. The lowest BCUT2D eigenvalue weighted by atomic mass is 9.90. The molecule has 2 N–H and O–H groups in total. The van der Waals surface area contributed by atoms with E-state index in [4.69, 9.17) is 0 Å². The van der Waals surface area contributed by atoms with Gasteiger partial charge in [-0.2, -0.15) is 0 Å². The van der Waals surface area contributed by atoms with E-state index in [9.17, 15) is 19.8 Å². The Labute approximate surface area is 174 Å². The first-order valence-corrected chi connectivity index (χ1v) is 11.3. The Morgan fingerprint density at radius 3 is 1.83 bits per heavy atom. The number of aliphatic carboxylic acids is 2. The minimum atomic E-state index is -0.609. The molecule has 0 radical (unpaired) electrons. The van der Waals surface area contributed by atoms with E-state index in [0.29, 0.717) is 0 Å². The van der Waals surface area contributed by atoms with Crippen LogP contribution in [0.2, 0.25) is 0 Å². The first kappa shape index (κ1) is 21.9. The lowest BCUT2D eigenvalue weighted by molar-refractivity contribution is -0.144. The van der Waals surface area contributed by atoms with Crippen LogP contribution in [-0.2, 0) is 22.4 Å². The van der Waals surface area contributed by atoms with Crippen LogP contribution in [0.25, 0.3) is 0 Å². The minimum absolute atomic E-state index is 0.383. The molecule has 4 heteroatoms. The Balaban J connectivity index is 1.43. The molecule has 0 spiro atoms. The van der Waals surface area contributed by atoms with E-state index < -0.39 is 17.4 Å². The number of unbranched alkanes of at least 4 members (excludes halogenated alkanes) is 3. The third-order valence-electron chi connectivity index (χ3n) is 7.49. The highest BCUT2D eigenvalue weighted by Crippen LogP contribution is 2.50. The van der Waals surface area contributed by atoms with Crippen molar-refractivity contribution in [2.75, 3.05) is 0 Å². The van der Waals surface area contributed by atoms with Crippen LogP contribution in [-0.4, -0.2) is 22.2 Å². The van der Waals surface area contributed by atoms with Crippen molar-refractivity contribution in [1.82, 2.24) is 0 Å². The van der Waals surface area contributed by atoms with Crippen LogP contribution in [0.5, 0.6) is 0 Å². The maximum Gasteiger partial charge on any atom is 0.309 e. The smallest absolute Gasteiger partial charge is 0.309 e. The number of rotatable bonds is 13. The largest absolute Gasteiger partial charge is 0.481 e. The second-order valence-electron chi connectivity index (χ2n) is 9.58. The normalized spacial score (nSPS) is 18.4. The molecule has 2 aliphatic carbocycles. The van der Waals surface area contributed by atoms with E-state index >= 15 is 0 Å². The summed E-state index contributed by atoms with van der Waals surface area (Å²) in [5.41, 5.74) is 4.81. The number of hydrogen-bond donors (Lipinski definition) is 2. The molecule has 0 amide bonds. The van der Waals surface area contributed by atoms with Crippen LogP contribution >= 0.6 is 0 Å². The molecular weight excluding hydrogens is 364 g/mol. The molecule has 4 nitrogen and oxygen atoms in total. The zero-order valence-electron chi connectivity index (χ0n) is 18.1. The molecule has 0 bridgehead atoms.